The Morgan fingerprint density at radius 3 is 0.885 bits per heavy atom. The standard InChI is InChI=1S/C22H30O4/c1-11(2)15-16(12(3)4)18(14(7)8)20(22(24)26-10)19(21(23)25-9)17(15)13(5)6/h1-10H3. The van der Waals surface area contributed by atoms with Gasteiger partial charge >= 0.3 is 11.9 Å². The van der Waals surface area contributed by atoms with Gasteiger partial charge in [0.15, 0.2) is 0 Å². The van der Waals surface area contributed by atoms with Crippen LogP contribution >= 0.6 is 0 Å². The van der Waals surface area contributed by atoms with Crippen LogP contribution in [0.4, 0.5) is 0 Å². The molecule has 4 heteroatoms. The Labute approximate surface area is 155 Å². The first-order valence-electron chi connectivity index (χ1n) is 8.63. The molecule has 0 aliphatic heterocycles. The Morgan fingerprint density at radius 2 is 0.731 bits per heavy atom. The van der Waals surface area contributed by atoms with E-state index in [1.54, 1.807) is 0 Å². The maximum Gasteiger partial charge on any atom is 0.339 e. The van der Waals surface area contributed by atoms with Crippen molar-refractivity contribution in [1.29, 1.82) is 0 Å². The van der Waals surface area contributed by atoms with Crippen LogP contribution in [0.15, 0.2) is 0 Å². The first kappa shape index (κ1) is 21.7. The molecular weight excluding hydrogens is 328 g/mol. The molecule has 0 bridgehead atoms. The lowest BCUT2D eigenvalue weighted by Crippen LogP contribution is -2.56. The van der Waals surface area contributed by atoms with Gasteiger partial charge in [-0.05, 0) is 76.3 Å². The van der Waals surface area contributed by atoms with E-state index >= 15 is 0 Å². The van der Waals surface area contributed by atoms with Crippen molar-refractivity contribution in [3.63, 3.8) is 0 Å². The fraction of sp³-hybridized carbons (Fsp3) is 0.455. The molecule has 142 valence electrons. The Morgan fingerprint density at radius 1 is 0.500 bits per heavy atom. The first-order chi connectivity index (χ1) is 12.0. The van der Waals surface area contributed by atoms with Crippen molar-refractivity contribution in [2.24, 2.45) is 0 Å². The average molecular weight is 358 g/mol. The molecule has 0 atom stereocenters. The van der Waals surface area contributed by atoms with Gasteiger partial charge in [0, 0.05) is 0 Å². The quantitative estimate of drug-likeness (QED) is 0.759. The number of ether oxygens (including phenoxy) is 2. The van der Waals surface area contributed by atoms with E-state index in [9.17, 15) is 9.59 Å². The van der Waals surface area contributed by atoms with Gasteiger partial charge < -0.3 is 9.47 Å². The molecule has 0 aliphatic carbocycles. The van der Waals surface area contributed by atoms with Crippen LogP contribution in [-0.4, -0.2) is 26.2 Å². The third-order valence-corrected chi connectivity index (χ3v) is 4.28. The average Bonchev–Trinajstić information content (AvgIpc) is 2.56. The van der Waals surface area contributed by atoms with Gasteiger partial charge in [0.05, 0.1) is 25.3 Å². The van der Waals surface area contributed by atoms with E-state index in [0.29, 0.717) is 0 Å². The van der Waals surface area contributed by atoms with Crippen molar-refractivity contribution < 1.29 is 19.1 Å². The third kappa shape index (κ3) is 3.74. The van der Waals surface area contributed by atoms with Crippen molar-refractivity contribution in [3.05, 3.63) is 32.0 Å². The summed E-state index contributed by atoms with van der Waals surface area (Å²) >= 11 is 0. The fourth-order valence-corrected chi connectivity index (χ4v) is 3.36. The summed E-state index contributed by atoms with van der Waals surface area (Å²) in [5.41, 5.74) is 4.57. The number of benzene rings is 1. The van der Waals surface area contributed by atoms with Crippen LogP contribution in [0.3, 0.4) is 0 Å². The number of carbonyl (C=O) groups is 2. The molecule has 0 heterocycles. The van der Waals surface area contributed by atoms with Crippen LogP contribution in [-0.2, 0) is 9.47 Å². The van der Waals surface area contributed by atoms with Gasteiger partial charge in [0.25, 0.3) is 0 Å². The molecule has 0 saturated heterocycles. The van der Waals surface area contributed by atoms with Crippen molar-refractivity contribution in [1.82, 2.24) is 0 Å². The predicted octanol–water partition coefficient (Wildman–Crippen LogP) is 2.02. The second-order valence-electron chi connectivity index (χ2n) is 7.23. The molecule has 0 spiro atoms. The maximum absolute atomic E-state index is 12.7. The monoisotopic (exact) mass is 358 g/mol. The van der Waals surface area contributed by atoms with E-state index in [4.69, 9.17) is 9.47 Å². The molecule has 4 nitrogen and oxygen atoms in total. The highest BCUT2D eigenvalue weighted by Gasteiger charge is 2.24. The minimum absolute atomic E-state index is 0.275. The lowest BCUT2D eigenvalue weighted by atomic mass is 9.91. The van der Waals surface area contributed by atoms with E-state index in [1.807, 2.05) is 55.4 Å². The molecular formula is C22H30O4. The van der Waals surface area contributed by atoms with Crippen molar-refractivity contribution in [2.75, 3.05) is 14.2 Å². The fourth-order valence-electron chi connectivity index (χ4n) is 3.36. The molecule has 0 amide bonds. The number of hydrogen-bond donors (Lipinski definition) is 0. The zero-order valence-electron chi connectivity index (χ0n) is 17.6. The lowest BCUT2D eigenvalue weighted by molar-refractivity contribution is 0.0552. The molecule has 0 aliphatic rings. The molecule has 0 radical (unpaired) electrons. The SMILES string of the molecule is COC(=O)c1c(C(=O)OC)c(=C(C)C)c(=C(C)C)c(=C(C)C)c1=C(C)C. The van der Waals surface area contributed by atoms with E-state index in [1.165, 1.54) is 14.2 Å². The van der Waals surface area contributed by atoms with Crippen LogP contribution in [0.25, 0.3) is 22.3 Å². The third-order valence-electron chi connectivity index (χ3n) is 4.28. The predicted molar refractivity (Wildman–Crippen MR) is 107 cm³/mol. The van der Waals surface area contributed by atoms with E-state index < -0.39 is 11.9 Å². The second kappa shape index (κ2) is 8.35. The number of rotatable bonds is 2. The highest BCUT2D eigenvalue weighted by molar-refractivity contribution is 6.04. The highest BCUT2D eigenvalue weighted by Crippen LogP contribution is 2.05. The second-order valence-corrected chi connectivity index (χ2v) is 7.23. The largest absolute Gasteiger partial charge is 0.465 e. The Hall–Kier alpha value is -2.36. The van der Waals surface area contributed by atoms with Crippen LogP contribution in [0.5, 0.6) is 0 Å². The molecule has 1 rings (SSSR count). The van der Waals surface area contributed by atoms with Crippen LogP contribution in [0.1, 0.15) is 76.1 Å². The van der Waals surface area contributed by atoms with Crippen LogP contribution in [0.2, 0.25) is 0 Å². The van der Waals surface area contributed by atoms with Crippen molar-refractivity contribution in [3.8, 4) is 0 Å². The van der Waals surface area contributed by atoms with Crippen molar-refractivity contribution in [2.45, 2.75) is 55.4 Å². The van der Waals surface area contributed by atoms with Crippen molar-refractivity contribution >= 4 is 34.2 Å². The molecule has 1 aromatic carbocycles. The minimum atomic E-state index is -0.535. The van der Waals surface area contributed by atoms with Crippen LogP contribution in [0, 0.1) is 0 Å². The first-order valence-corrected chi connectivity index (χ1v) is 8.63. The molecule has 0 fully saturated rings. The molecule has 1 aromatic rings. The number of esters is 2. The summed E-state index contributed by atoms with van der Waals surface area (Å²) in [7, 11) is 2.65. The summed E-state index contributed by atoms with van der Waals surface area (Å²) < 4.78 is 10.1. The lowest BCUT2D eigenvalue weighted by Gasteiger charge is -2.15. The molecule has 0 unspecified atom stereocenters. The van der Waals surface area contributed by atoms with Gasteiger partial charge in [-0.1, -0.05) is 22.3 Å². The summed E-state index contributed by atoms with van der Waals surface area (Å²) in [6, 6.07) is 0. The Bertz CT molecular complexity index is 909. The smallest absolute Gasteiger partial charge is 0.339 e. The summed E-state index contributed by atoms with van der Waals surface area (Å²) in [4.78, 5) is 25.5. The van der Waals surface area contributed by atoms with Gasteiger partial charge in [0.2, 0.25) is 0 Å². The number of hydrogen-bond acceptors (Lipinski definition) is 4. The van der Waals surface area contributed by atoms with Gasteiger partial charge in [-0.15, -0.1) is 0 Å². The minimum Gasteiger partial charge on any atom is -0.465 e. The Balaban J connectivity index is 4.95. The zero-order valence-corrected chi connectivity index (χ0v) is 17.6. The summed E-state index contributed by atoms with van der Waals surface area (Å²) in [5, 5.41) is 3.46. The zero-order chi connectivity index (χ0) is 20.3. The summed E-state index contributed by atoms with van der Waals surface area (Å²) in [6.45, 7) is 15.8. The molecule has 0 saturated carbocycles. The topological polar surface area (TPSA) is 52.6 Å². The molecule has 0 N–H and O–H groups in total. The maximum atomic E-state index is 12.7. The number of carbonyl (C=O) groups excluding carboxylic acids is 2. The summed E-state index contributed by atoms with van der Waals surface area (Å²) in [5.74, 6) is -1.07. The van der Waals surface area contributed by atoms with E-state index in [2.05, 4.69) is 0 Å². The molecule has 26 heavy (non-hydrogen) atoms. The summed E-state index contributed by atoms with van der Waals surface area (Å²) in [6.07, 6.45) is 0. The van der Waals surface area contributed by atoms with Crippen LogP contribution < -0.4 is 20.9 Å². The van der Waals surface area contributed by atoms with E-state index in [0.717, 1.165) is 43.2 Å². The normalized spacial score (nSPS) is 10.2. The Kier molecular flexibility index (Phi) is 6.96. The highest BCUT2D eigenvalue weighted by atomic mass is 16.5. The van der Waals surface area contributed by atoms with E-state index in [-0.39, 0.29) is 11.1 Å². The van der Waals surface area contributed by atoms with Gasteiger partial charge in [-0.3, -0.25) is 0 Å². The molecule has 0 aromatic heterocycles. The van der Waals surface area contributed by atoms with Gasteiger partial charge in [-0.2, -0.15) is 0 Å². The van der Waals surface area contributed by atoms with Gasteiger partial charge in [-0.25, -0.2) is 9.59 Å². The van der Waals surface area contributed by atoms with Gasteiger partial charge in [0.1, 0.15) is 0 Å². The number of methoxy groups -OCH3 is 2.